The van der Waals surface area contributed by atoms with Crippen LogP contribution in [0.4, 0.5) is 13.2 Å². The minimum absolute atomic E-state index is 0.152. The van der Waals surface area contributed by atoms with E-state index in [1.807, 2.05) is 45.3 Å². The fraction of sp³-hybridized carbons (Fsp3) is 0.333. The number of carbonyl (C=O) groups excluding carboxylic acids is 1. The fourth-order valence-electron chi connectivity index (χ4n) is 3.28. The number of nitrogens with zero attached hydrogens (tertiary/aromatic N) is 2. The number of alkyl halides is 3. The van der Waals surface area contributed by atoms with Crippen LogP contribution in [0.1, 0.15) is 56.6 Å². The second kappa shape index (κ2) is 8.21. The van der Waals surface area contributed by atoms with Crippen LogP contribution < -0.4 is 5.32 Å². The number of halogens is 3. The van der Waals surface area contributed by atoms with Crippen LogP contribution >= 0.6 is 0 Å². The van der Waals surface area contributed by atoms with Crippen molar-refractivity contribution in [2.75, 3.05) is 0 Å². The summed E-state index contributed by atoms with van der Waals surface area (Å²) in [6.07, 6.45) is -0.959. The molecule has 0 aliphatic rings. The van der Waals surface area contributed by atoms with E-state index in [9.17, 15) is 18.0 Å². The molecule has 2 aromatic carbocycles. The molecule has 0 saturated carbocycles. The first-order chi connectivity index (χ1) is 14.3. The number of hydrogen-bond donors (Lipinski definition) is 1. The molecule has 1 heterocycles. The molecule has 3 rings (SSSR count). The van der Waals surface area contributed by atoms with E-state index in [0.717, 1.165) is 23.4 Å². The van der Waals surface area contributed by atoms with E-state index < -0.39 is 17.3 Å². The van der Waals surface area contributed by atoms with E-state index in [1.54, 1.807) is 24.7 Å². The van der Waals surface area contributed by atoms with Gasteiger partial charge in [0.2, 0.25) is 0 Å². The topological polar surface area (TPSA) is 46.9 Å². The number of imidazole rings is 1. The number of amides is 1. The predicted octanol–water partition coefficient (Wildman–Crippen LogP) is 6.35. The van der Waals surface area contributed by atoms with Crippen molar-refractivity contribution < 1.29 is 18.0 Å². The van der Waals surface area contributed by atoms with Gasteiger partial charge in [-0.05, 0) is 76.1 Å². The Labute approximate surface area is 180 Å². The van der Waals surface area contributed by atoms with Gasteiger partial charge in [-0.25, -0.2) is 4.98 Å². The molecule has 0 saturated heterocycles. The average molecular weight is 429 g/mol. The molecule has 0 unspecified atom stereocenters. The molecule has 3 aromatic rings. The highest BCUT2D eigenvalue weighted by molar-refractivity contribution is 5.97. The number of aromatic nitrogens is 2. The number of rotatable bonds is 4. The molecule has 0 aliphatic heterocycles. The van der Waals surface area contributed by atoms with Gasteiger partial charge in [0.1, 0.15) is 0 Å². The predicted molar refractivity (Wildman–Crippen MR) is 116 cm³/mol. The van der Waals surface area contributed by atoms with E-state index in [0.29, 0.717) is 16.7 Å². The fourth-order valence-corrected chi connectivity index (χ4v) is 3.28. The molecule has 4 nitrogen and oxygen atoms in total. The normalized spacial score (nSPS) is 12.3. The third-order valence-electron chi connectivity index (χ3n) is 4.75. The van der Waals surface area contributed by atoms with Crippen LogP contribution in [0.3, 0.4) is 0 Å². The van der Waals surface area contributed by atoms with Crippen LogP contribution in [0.25, 0.3) is 22.4 Å². The van der Waals surface area contributed by atoms with E-state index in [-0.39, 0.29) is 11.9 Å². The Morgan fingerprint density at radius 1 is 0.968 bits per heavy atom. The number of benzene rings is 2. The molecule has 0 bridgehead atoms. The van der Waals surface area contributed by atoms with Crippen molar-refractivity contribution in [2.45, 2.75) is 52.4 Å². The van der Waals surface area contributed by atoms with Crippen molar-refractivity contribution in [1.29, 1.82) is 0 Å². The van der Waals surface area contributed by atoms with Gasteiger partial charge >= 0.3 is 6.18 Å². The van der Waals surface area contributed by atoms with Gasteiger partial charge in [-0.3, -0.25) is 4.79 Å². The van der Waals surface area contributed by atoms with Gasteiger partial charge in [0.15, 0.2) is 0 Å². The quantitative estimate of drug-likeness (QED) is 0.526. The summed E-state index contributed by atoms with van der Waals surface area (Å²) in [6, 6.07) is 10.4. The Balaban J connectivity index is 2.13. The largest absolute Gasteiger partial charge is 0.416 e. The summed E-state index contributed by atoms with van der Waals surface area (Å²) >= 11 is 0. The van der Waals surface area contributed by atoms with Crippen molar-refractivity contribution in [1.82, 2.24) is 14.9 Å². The molecule has 164 valence electrons. The Bertz CT molecular complexity index is 1070. The molecule has 0 aliphatic carbocycles. The van der Waals surface area contributed by atoms with Gasteiger partial charge < -0.3 is 9.88 Å². The molecular formula is C24H26F3N3O. The molecule has 1 aromatic heterocycles. The van der Waals surface area contributed by atoms with E-state index in [1.165, 1.54) is 12.1 Å². The molecule has 7 heteroatoms. The first-order valence-electron chi connectivity index (χ1n) is 10.0. The van der Waals surface area contributed by atoms with Gasteiger partial charge in [0.25, 0.3) is 5.91 Å². The minimum atomic E-state index is -4.40. The van der Waals surface area contributed by atoms with E-state index >= 15 is 0 Å². The smallest absolute Gasteiger partial charge is 0.347 e. The van der Waals surface area contributed by atoms with Crippen LogP contribution in [0.2, 0.25) is 0 Å². The molecule has 1 amide bonds. The van der Waals surface area contributed by atoms with Crippen molar-refractivity contribution in [3.63, 3.8) is 0 Å². The molecule has 0 radical (unpaired) electrons. The van der Waals surface area contributed by atoms with Crippen LogP contribution in [0, 0.1) is 0 Å². The highest BCUT2D eigenvalue weighted by atomic mass is 19.4. The maximum absolute atomic E-state index is 13.0. The van der Waals surface area contributed by atoms with Gasteiger partial charge in [-0.15, -0.1) is 0 Å². The van der Waals surface area contributed by atoms with E-state index in [2.05, 4.69) is 10.3 Å². The van der Waals surface area contributed by atoms with Gasteiger partial charge in [0.05, 0.1) is 23.8 Å². The Morgan fingerprint density at radius 3 is 2.13 bits per heavy atom. The summed E-state index contributed by atoms with van der Waals surface area (Å²) in [6.45, 7) is 9.72. The molecule has 1 N–H and O–H groups in total. The SMILES string of the molecule is CC(C)n1cncc1-c1cc(C(=O)NC(C)(C)C)cc(-c2ccc(C(F)(F)F)cc2)c1. The maximum Gasteiger partial charge on any atom is 0.416 e. The van der Waals surface area contributed by atoms with Gasteiger partial charge in [0, 0.05) is 22.7 Å². The van der Waals surface area contributed by atoms with Crippen molar-refractivity contribution >= 4 is 5.91 Å². The van der Waals surface area contributed by atoms with Crippen LogP contribution in [0.5, 0.6) is 0 Å². The standard InChI is InChI=1S/C24H26F3N3O/c1-15(2)30-14-28-13-21(30)18-10-17(11-19(12-18)22(31)29-23(3,4)5)16-6-8-20(9-7-16)24(25,26)27/h6-15H,1-5H3,(H,29,31). The average Bonchev–Trinajstić information content (AvgIpc) is 3.16. The molecule has 0 atom stereocenters. The number of hydrogen-bond acceptors (Lipinski definition) is 2. The summed E-state index contributed by atoms with van der Waals surface area (Å²) in [7, 11) is 0. The van der Waals surface area contributed by atoms with Crippen LogP contribution in [0.15, 0.2) is 55.0 Å². The van der Waals surface area contributed by atoms with Crippen LogP contribution in [-0.4, -0.2) is 21.0 Å². The lowest BCUT2D eigenvalue weighted by molar-refractivity contribution is -0.137. The Morgan fingerprint density at radius 2 is 1.58 bits per heavy atom. The lowest BCUT2D eigenvalue weighted by Crippen LogP contribution is -2.40. The summed E-state index contributed by atoms with van der Waals surface area (Å²) in [5.41, 5.74) is 2.13. The molecule has 31 heavy (non-hydrogen) atoms. The third kappa shape index (κ3) is 5.34. The third-order valence-corrected chi connectivity index (χ3v) is 4.75. The first kappa shape index (κ1) is 22.6. The van der Waals surface area contributed by atoms with Crippen molar-refractivity contribution in [2.24, 2.45) is 0 Å². The first-order valence-corrected chi connectivity index (χ1v) is 10.0. The zero-order valence-electron chi connectivity index (χ0n) is 18.2. The monoisotopic (exact) mass is 429 g/mol. The van der Waals surface area contributed by atoms with Crippen molar-refractivity contribution in [3.8, 4) is 22.4 Å². The molecular weight excluding hydrogens is 403 g/mol. The summed E-state index contributed by atoms with van der Waals surface area (Å²) in [4.78, 5) is 17.1. The Kier molecular flexibility index (Phi) is 5.98. The van der Waals surface area contributed by atoms with Gasteiger partial charge in [-0.1, -0.05) is 12.1 Å². The summed E-state index contributed by atoms with van der Waals surface area (Å²) < 4.78 is 40.9. The molecule has 0 spiro atoms. The summed E-state index contributed by atoms with van der Waals surface area (Å²) in [5.74, 6) is -0.252. The number of nitrogens with one attached hydrogen (secondary N) is 1. The van der Waals surface area contributed by atoms with Crippen LogP contribution in [-0.2, 0) is 6.18 Å². The minimum Gasteiger partial charge on any atom is -0.347 e. The molecule has 0 fully saturated rings. The second-order valence-electron chi connectivity index (χ2n) is 8.86. The highest BCUT2D eigenvalue weighted by Gasteiger charge is 2.30. The lowest BCUT2D eigenvalue weighted by atomic mass is 9.96. The second-order valence-corrected chi connectivity index (χ2v) is 8.86. The zero-order valence-corrected chi connectivity index (χ0v) is 18.2. The number of carbonyl (C=O) groups is 1. The summed E-state index contributed by atoms with van der Waals surface area (Å²) in [5, 5.41) is 2.94. The van der Waals surface area contributed by atoms with E-state index in [4.69, 9.17) is 0 Å². The van der Waals surface area contributed by atoms with Gasteiger partial charge in [-0.2, -0.15) is 13.2 Å². The lowest BCUT2D eigenvalue weighted by Gasteiger charge is -2.21. The Hall–Kier alpha value is -3.09. The zero-order chi connectivity index (χ0) is 23.0. The van der Waals surface area contributed by atoms with Crippen molar-refractivity contribution in [3.05, 3.63) is 66.1 Å². The maximum atomic E-state index is 13.0. The highest BCUT2D eigenvalue weighted by Crippen LogP contribution is 2.33.